The average molecular weight is 670 g/mol. The fourth-order valence-electron chi connectivity index (χ4n) is 8.35. The van der Waals surface area contributed by atoms with E-state index in [2.05, 4.69) is 195 Å². The van der Waals surface area contributed by atoms with Gasteiger partial charge in [-0.1, -0.05) is 141 Å². The molecule has 51 heavy (non-hydrogen) atoms. The van der Waals surface area contributed by atoms with Crippen molar-refractivity contribution in [2.45, 2.75) is 19.3 Å². The van der Waals surface area contributed by atoms with E-state index in [0.717, 1.165) is 5.69 Å². The van der Waals surface area contributed by atoms with Crippen molar-refractivity contribution < 1.29 is 0 Å². The zero-order valence-corrected chi connectivity index (χ0v) is 29.4. The van der Waals surface area contributed by atoms with Crippen molar-refractivity contribution in [3.8, 4) is 33.4 Å². The average Bonchev–Trinajstić information content (AvgIpc) is 3.67. The fourth-order valence-corrected chi connectivity index (χ4v) is 9.47. The maximum Gasteiger partial charge on any atom is 0.0554 e. The molecule has 10 rings (SSSR count). The van der Waals surface area contributed by atoms with Gasteiger partial charge in [0.05, 0.1) is 5.69 Å². The molecule has 0 aliphatic heterocycles. The Morgan fingerprint density at radius 1 is 0.431 bits per heavy atom. The van der Waals surface area contributed by atoms with Gasteiger partial charge in [0.25, 0.3) is 0 Å². The Hall–Kier alpha value is -5.96. The molecule has 9 aromatic rings. The number of nitrogens with zero attached hydrogens (tertiary/aromatic N) is 1. The smallest absolute Gasteiger partial charge is 0.0554 e. The van der Waals surface area contributed by atoms with Gasteiger partial charge in [-0.3, -0.25) is 0 Å². The van der Waals surface area contributed by atoms with Crippen molar-refractivity contribution >= 4 is 59.3 Å². The van der Waals surface area contributed by atoms with Crippen LogP contribution in [0.25, 0.3) is 64.3 Å². The molecule has 0 amide bonds. The second-order valence-electron chi connectivity index (χ2n) is 14.1. The first-order valence-electron chi connectivity index (χ1n) is 17.7. The molecule has 1 aromatic heterocycles. The quantitative estimate of drug-likeness (QED) is 0.176. The molecule has 0 fully saturated rings. The summed E-state index contributed by atoms with van der Waals surface area (Å²) in [5.41, 5.74) is 13.8. The number of hydrogen-bond acceptors (Lipinski definition) is 2. The zero-order valence-electron chi connectivity index (χ0n) is 28.6. The van der Waals surface area contributed by atoms with E-state index in [1.54, 1.807) is 0 Å². The van der Waals surface area contributed by atoms with Crippen LogP contribution in [0.5, 0.6) is 0 Å². The monoisotopic (exact) mass is 669 g/mol. The first-order valence-corrected chi connectivity index (χ1v) is 18.5. The standard InChI is InChI=1S/C49H35NS/c1-49(2)43-20-7-5-17-40(43)41-29-28-37(31-44(41)49)50(45-21-11-23-47-48(45)42-18-6-8-22-46(42)51-47)36-26-24-32(25-27-36)34-14-9-15-35(30-34)39-19-10-13-33-12-3-4-16-38(33)39/h3-31H,1-2H3. The summed E-state index contributed by atoms with van der Waals surface area (Å²) in [4.78, 5) is 2.47. The van der Waals surface area contributed by atoms with Gasteiger partial charge >= 0.3 is 0 Å². The molecular weight excluding hydrogens is 635 g/mol. The SMILES string of the molecule is CC1(C)c2ccccc2-c2ccc(N(c3ccc(-c4cccc(-c5cccc6ccccc56)c4)cc3)c3cccc4sc5ccccc5c34)cc21. The van der Waals surface area contributed by atoms with Crippen molar-refractivity contribution in [3.05, 3.63) is 187 Å². The molecule has 0 radical (unpaired) electrons. The predicted octanol–water partition coefficient (Wildman–Crippen LogP) is 14.3. The van der Waals surface area contributed by atoms with Crippen LogP contribution in [0.1, 0.15) is 25.0 Å². The third-order valence-corrected chi connectivity index (χ3v) is 12.0. The minimum atomic E-state index is -0.0896. The molecule has 2 heteroatoms. The molecule has 0 bridgehead atoms. The van der Waals surface area contributed by atoms with Crippen molar-refractivity contribution in [1.82, 2.24) is 0 Å². The summed E-state index contributed by atoms with van der Waals surface area (Å²) in [6.07, 6.45) is 0. The number of benzene rings is 8. The summed E-state index contributed by atoms with van der Waals surface area (Å²) in [6, 6.07) is 64.9. The molecule has 8 aromatic carbocycles. The second kappa shape index (κ2) is 11.6. The molecule has 1 aliphatic rings. The zero-order chi connectivity index (χ0) is 34.1. The Kier molecular flexibility index (Phi) is 6.78. The highest BCUT2D eigenvalue weighted by molar-refractivity contribution is 7.26. The first-order chi connectivity index (χ1) is 25.0. The van der Waals surface area contributed by atoms with Crippen LogP contribution in [0.3, 0.4) is 0 Å². The van der Waals surface area contributed by atoms with Crippen LogP contribution in [0.2, 0.25) is 0 Å². The summed E-state index contributed by atoms with van der Waals surface area (Å²) in [5, 5.41) is 5.14. The van der Waals surface area contributed by atoms with Crippen LogP contribution >= 0.6 is 11.3 Å². The largest absolute Gasteiger partial charge is 0.310 e. The Labute approximate surface area is 302 Å². The van der Waals surface area contributed by atoms with E-state index in [1.807, 2.05) is 11.3 Å². The summed E-state index contributed by atoms with van der Waals surface area (Å²) >= 11 is 1.87. The summed E-state index contributed by atoms with van der Waals surface area (Å²) in [7, 11) is 0. The third-order valence-electron chi connectivity index (χ3n) is 10.9. The van der Waals surface area contributed by atoms with Gasteiger partial charge < -0.3 is 4.90 Å². The highest BCUT2D eigenvalue weighted by Gasteiger charge is 2.35. The topological polar surface area (TPSA) is 3.24 Å². The van der Waals surface area contributed by atoms with Crippen molar-refractivity contribution in [2.24, 2.45) is 0 Å². The van der Waals surface area contributed by atoms with E-state index in [-0.39, 0.29) is 5.41 Å². The summed E-state index contributed by atoms with van der Waals surface area (Å²) < 4.78 is 2.61. The maximum absolute atomic E-state index is 2.47. The van der Waals surface area contributed by atoms with Gasteiger partial charge in [-0.25, -0.2) is 0 Å². The van der Waals surface area contributed by atoms with Gasteiger partial charge in [-0.2, -0.15) is 0 Å². The lowest BCUT2D eigenvalue weighted by atomic mass is 9.82. The van der Waals surface area contributed by atoms with Crippen LogP contribution < -0.4 is 4.90 Å². The van der Waals surface area contributed by atoms with Gasteiger partial charge in [-0.05, 0) is 104 Å². The number of fused-ring (bicyclic) bond motifs is 7. The van der Waals surface area contributed by atoms with Crippen molar-refractivity contribution in [2.75, 3.05) is 4.90 Å². The van der Waals surface area contributed by atoms with Gasteiger partial charge in [0.1, 0.15) is 0 Å². The second-order valence-corrected chi connectivity index (χ2v) is 15.2. The lowest BCUT2D eigenvalue weighted by Crippen LogP contribution is -2.16. The molecule has 0 saturated carbocycles. The van der Waals surface area contributed by atoms with E-state index in [9.17, 15) is 0 Å². The normalized spacial score (nSPS) is 13.1. The van der Waals surface area contributed by atoms with Crippen LogP contribution in [0.15, 0.2) is 176 Å². The molecule has 242 valence electrons. The Morgan fingerprint density at radius 3 is 1.98 bits per heavy atom. The molecule has 1 nitrogen and oxygen atoms in total. The molecule has 0 spiro atoms. The molecule has 0 unspecified atom stereocenters. The first kappa shape index (κ1) is 29.9. The molecule has 0 N–H and O–H groups in total. The van der Waals surface area contributed by atoms with E-state index in [1.165, 1.54) is 86.8 Å². The Bertz CT molecular complexity index is 2780. The molecule has 0 atom stereocenters. The lowest BCUT2D eigenvalue weighted by Gasteiger charge is -2.29. The molecule has 1 heterocycles. The van der Waals surface area contributed by atoms with Crippen LogP contribution in [-0.2, 0) is 5.41 Å². The minimum Gasteiger partial charge on any atom is -0.310 e. The van der Waals surface area contributed by atoms with Gasteiger partial charge in [0, 0.05) is 37.0 Å². The van der Waals surface area contributed by atoms with Crippen LogP contribution in [0, 0.1) is 0 Å². The number of anilines is 3. The summed E-state index contributed by atoms with van der Waals surface area (Å²) in [6.45, 7) is 4.72. The fraction of sp³-hybridized carbons (Fsp3) is 0.0612. The molecule has 0 saturated heterocycles. The lowest BCUT2D eigenvalue weighted by molar-refractivity contribution is 0.660. The van der Waals surface area contributed by atoms with E-state index >= 15 is 0 Å². The number of rotatable bonds is 5. The Balaban J connectivity index is 1.12. The van der Waals surface area contributed by atoms with Gasteiger partial charge in [0.15, 0.2) is 0 Å². The van der Waals surface area contributed by atoms with Crippen LogP contribution in [0.4, 0.5) is 17.1 Å². The van der Waals surface area contributed by atoms with E-state index in [4.69, 9.17) is 0 Å². The molecular formula is C49H35NS. The minimum absolute atomic E-state index is 0.0896. The Morgan fingerprint density at radius 2 is 1.08 bits per heavy atom. The summed E-state index contributed by atoms with van der Waals surface area (Å²) in [5.74, 6) is 0. The predicted molar refractivity (Wildman–Crippen MR) is 220 cm³/mol. The van der Waals surface area contributed by atoms with Crippen molar-refractivity contribution in [3.63, 3.8) is 0 Å². The maximum atomic E-state index is 2.47. The molecule has 1 aliphatic carbocycles. The van der Waals surface area contributed by atoms with Gasteiger partial charge in [0.2, 0.25) is 0 Å². The highest BCUT2D eigenvalue weighted by Crippen LogP contribution is 2.52. The number of hydrogen-bond donors (Lipinski definition) is 0. The van der Waals surface area contributed by atoms with Crippen LogP contribution in [-0.4, -0.2) is 0 Å². The van der Waals surface area contributed by atoms with E-state index < -0.39 is 0 Å². The van der Waals surface area contributed by atoms with Gasteiger partial charge in [-0.15, -0.1) is 11.3 Å². The number of thiophene rings is 1. The van der Waals surface area contributed by atoms with E-state index in [0.29, 0.717) is 0 Å². The third kappa shape index (κ3) is 4.75. The highest BCUT2D eigenvalue weighted by atomic mass is 32.1. The van der Waals surface area contributed by atoms with Crippen molar-refractivity contribution in [1.29, 1.82) is 0 Å².